The molecule has 0 saturated carbocycles. The van der Waals surface area contributed by atoms with Crippen LogP contribution in [0.25, 0.3) is 10.2 Å². The van der Waals surface area contributed by atoms with Gasteiger partial charge >= 0.3 is 5.97 Å². The van der Waals surface area contributed by atoms with Gasteiger partial charge in [0.2, 0.25) is 0 Å². The van der Waals surface area contributed by atoms with Gasteiger partial charge in [-0.1, -0.05) is 0 Å². The first-order chi connectivity index (χ1) is 9.31. The van der Waals surface area contributed by atoms with Gasteiger partial charge in [-0.15, -0.1) is 11.3 Å². The van der Waals surface area contributed by atoms with E-state index in [-0.39, 0.29) is 5.97 Å². The smallest absolute Gasteiger partial charge is 0.330 e. The van der Waals surface area contributed by atoms with Crippen molar-refractivity contribution in [2.75, 3.05) is 31.8 Å². The van der Waals surface area contributed by atoms with Gasteiger partial charge in [-0.2, -0.15) is 0 Å². The van der Waals surface area contributed by atoms with E-state index in [9.17, 15) is 4.79 Å². The second-order valence-corrected chi connectivity index (χ2v) is 5.04. The van der Waals surface area contributed by atoms with Crippen molar-refractivity contribution in [3.05, 3.63) is 17.8 Å². The highest BCUT2D eigenvalue weighted by Gasteiger charge is 2.32. The van der Waals surface area contributed by atoms with Gasteiger partial charge in [0.25, 0.3) is 0 Å². The molecule has 1 atom stereocenters. The van der Waals surface area contributed by atoms with Crippen LogP contribution in [0.1, 0.15) is 0 Å². The van der Waals surface area contributed by atoms with Crippen molar-refractivity contribution in [3.8, 4) is 0 Å². The van der Waals surface area contributed by atoms with Crippen LogP contribution >= 0.6 is 11.3 Å². The maximum atomic E-state index is 11.8. The predicted octanol–water partition coefficient (Wildman–Crippen LogP) is 1.07. The average Bonchev–Trinajstić information content (AvgIpc) is 2.94. The van der Waals surface area contributed by atoms with Crippen LogP contribution in [0, 0.1) is 0 Å². The van der Waals surface area contributed by atoms with E-state index in [4.69, 9.17) is 9.47 Å². The molecule has 1 unspecified atom stereocenters. The summed E-state index contributed by atoms with van der Waals surface area (Å²) in [6.07, 6.45) is 1.53. The minimum Gasteiger partial charge on any atom is -0.467 e. The first kappa shape index (κ1) is 12.3. The van der Waals surface area contributed by atoms with E-state index in [1.54, 1.807) is 11.3 Å². The molecule has 0 spiro atoms. The molecular formula is C12H13N3O3S. The van der Waals surface area contributed by atoms with E-state index in [0.29, 0.717) is 19.8 Å². The van der Waals surface area contributed by atoms with Gasteiger partial charge in [0, 0.05) is 6.54 Å². The van der Waals surface area contributed by atoms with E-state index in [1.165, 1.54) is 13.4 Å². The highest BCUT2D eigenvalue weighted by Crippen LogP contribution is 2.29. The Morgan fingerprint density at radius 3 is 3.32 bits per heavy atom. The van der Waals surface area contributed by atoms with Crippen molar-refractivity contribution < 1.29 is 14.3 Å². The molecule has 0 N–H and O–H groups in total. The number of fused-ring (bicyclic) bond motifs is 1. The van der Waals surface area contributed by atoms with Crippen molar-refractivity contribution in [1.82, 2.24) is 9.97 Å². The van der Waals surface area contributed by atoms with Crippen molar-refractivity contribution in [1.29, 1.82) is 0 Å². The Labute approximate surface area is 114 Å². The summed E-state index contributed by atoms with van der Waals surface area (Å²) < 4.78 is 10.2. The molecule has 2 aromatic heterocycles. The summed E-state index contributed by atoms with van der Waals surface area (Å²) in [5, 5.41) is 2.93. The molecule has 1 aliphatic heterocycles. The zero-order chi connectivity index (χ0) is 13.2. The van der Waals surface area contributed by atoms with Gasteiger partial charge in [-0.25, -0.2) is 14.8 Å². The number of methoxy groups -OCH3 is 1. The number of anilines is 1. The standard InChI is InChI=1S/C12H13N3O3S/c1-17-12(16)9-6-18-4-3-15(9)10-8-2-5-19-11(8)14-7-13-10/h2,5,7,9H,3-4,6H2,1H3. The quantitative estimate of drug-likeness (QED) is 0.766. The molecule has 1 aliphatic rings. The second kappa shape index (κ2) is 5.10. The Kier molecular flexibility index (Phi) is 3.31. The first-order valence-electron chi connectivity index (χ1n) is 5.91. The number of hydrogen-bond acceptors (Lipinski definition) is 7. The number of nitrogens with zero attached hydrogens (tertiary/aromatic N) is 3. The minimum absolute atomic E-state index is 0.304. The fourth-order valence-electron chi connectivity index (χ4n) is 2.19. The summed E-state index contributed by atoms with van der Waals surface area (Å²) in [6, 6.07) is 1.52. The van der Waals surface area contributed by atoms with E-state index >= 15 is 0 Å². The molecule has 1 fully saturated rings. The molecule has 7 heteroatoms. The SMILES string of the molecule is COC(=O)C1COCCN1c1ncnc2sccc12. The van der Waals surface area contributed by atoms with Gasteiger partial charge < -0.3 is 14.4 Å². The fraction of sp³-hybridized carbons (Fsp3) is 0.417. The number of esters is 1. The maximum absolute atomic E-state index is 11.8. The third-order valence-electron chi connectivity index (χ3n) is 3.11. The number of morpholine rings is 1. The molecule has 0 aliphatic carbocycles. The lowest BCUT2D eigenvalue weighted by molar-refractivity contribution is -0.144. The number of ether oxygens (including phenoxy) is 2. The summed E-state index contributed by atoms with van der Waals surface area (Å²) in [7, 11) is 1.38. The normalized spacial score (nSPS) is 19.6. The molecule has 3 rings (SSSR count). The van der Waals surface area contributed by atoms with Crippen LogP contribution in [0.3, 0.4) is 0 Å². The fourth-order valence-corrected chi connectivity index (χ4v) is 2.92. The second-order valence-electron chi connectivity index (χ2n) is 4.14. The van der Waals surface area contributed by atoms with Crippen molar-refractivity contribution in [3.63, 3.8) is 0 Å². The maximum Gasteiger partial charge on any atom is 0.330 e. The highest BCUT2D eigenvalue weighted by molar-refractivity contribution is 7.16. The van der Waals surface area contributed by atoms with E-state index in [0.717, 1.165) is 16.0 Å². The van der Waals surface area contributed by atoms with Crippen molar-refractivity contribution in [2.24, 2.45) is 0 Å². The van der Waals surface area contributed by atoms with Crippen LogP contribution in [0.2, 0.25) is 0 Å². The Morgan fingerprint density at radius 2 is 2.47 bits per heavy atom. The van der Waals surface area contributed by atoms with Crippen LogP contribution in [-0.4, -0.2) is 48.8 Å². The molecule has 1 saturated heterocycles. The molecule has 100 valence electrons. The number of carbonyl (C=O) groups excluding carboxylic acids is 1. The first-order valence-corrected chi connectivity index (χ1v) is 6.79. The van der Waals surface area contributed by atoms with Crippen molar-refractivity contribution >= 4 is 33.3 Å². The molecule has 19 heavy (non-hydrogen) atoms. The molecule has 0 radical (unpaired) electrons. The summed E-state index contributed by atoms with van der Waals surface area (Å²) in [6.45, 7) is 1.51. The largest absolute Gasteiger partial charge is 0.467 e. The molecule has 0 bridgehead atoms. The zero-order valence-electron chi connectivity index (χ0n) is 10.4. The van der Waals surface area contributed by atoms with Crippen LogP contribution in [0.5, 0.6) is 0 Å². The number of thiophene rings is 1. The topological polar surface area (TPSA) is 64.6 Å². The van der Waals surface area contributed by atoms with E-state index in [1.807, 2.05) is 16.3 Å². The van der Waals surface area contributed by atoms with Crippen LogP contribution in [-0.2, 0) is 14.3 Å². The van der Waals surface area contributed by atoms with Crippen LogP contribution in [0.4, 0.5) is 5.82 Å². The third-order valence-corrected chi connectivity index (χ3v) is 3.94. The summed E-state index contributed by atoms with van der Waals surface area (Å²) >= 11 is 1.56. The zero-order valence-corrected chi connectivity index (χ0v) is 11.2. The lowest BCUT2D eigenvalue weighted by Gasteiger charge is -2.34. The molecule has 6 nitrogen and oxygen atoms in total. The van der Waals surface area contributed by atoms with Crippen LogP contribution in [0.15, 0.2) is 17.8 Å². The van der Waals surface area contributed by atoms with Gasteiger partial charge in [0.1, 0.15) is 17.0 Å². The Hall–Kier alpha value is -1.73. The molecule has 3 heterocycles. The van der Waals surface area contributed by atoms with Gasteiger partial charge in [0.05, 0.1) is 25.7 Å². The van der Waals surface area contributed by atoms with Gasteiger partial charge in [-0.05, 0) is 11.4 Å². The highest BCUT2D eigenvalue weighted by atomic mass is 32.1. The summed E-state index contributed by atoms with van der Waals surface area (Å²) in [5.74, 6) is 0.464. The summed E-state index contributed by atoms with van der Waals surface area (Å²) in [5.41, 5.74) is 0. The lowest BCUT2D eigenvalue weighted by atomic mass is 10.2. The molecular weight excluding hydrogens is 266 g/mol. The molecule has 0 aromatic carbocycles. The Balaban J connectivity index is 2.02. The van der Waals surface area contributed by atoms with E-state index in [2.05, 4.69) is 9.97 Å². The number of carbonyl (C=O) groups is 1. The number of aromatic nitrogens is 2. The van der Waals surface area contributed by atoms with Gasteiger partial charge in [-0.3, -0.25) is 0 Å². The number of rotatable bonds is 2. The van der Waals surface area contributed by atoms with E-state index < -0.39 is 6.04 Å². The Morgan fingerprint density at radius 1 is 1.58 bits per heavy atom. The summed E-state index contributed by atoms with van der Waals surface area (Å²) in [4.78, 5) is 23.2. The average molecular weight is 279 g/mol. The lowest BCUT2D eigenvalue weighted by Crippen LogP contribution is -2.51. The monoisotopic (exact) mass is 279 g/mol. The van der Waals surface area contributed by atoms with Crippen LogP contribution < -0.4 is 4.90 Å². The Bertz CT molecular complexity index is 601. The minimum atomic E-state index is -0.447. The predicted molar refractivity (Wildman–Crippen MR) is 71.4 cm³/mol. The molecule has 0 amide bonds. The molecule has 2 aromatic rings. The third kappa shape index (κ3) is 2.15. The van der Waals surface area contributed by atoms with Gasteiger partial charge in [0.15, 0.2) is 6.04 Å². The number of hydrogen-bond donors (Lipinski definition) is 0. The van der Waals surface area contributed by atoms with Crippen molar-refractivity contribution in [2.45, 2.75) is 6.04 Å².